The van der Waals surface area contributed by atoms with Crippen LogP contribution in [0.5, 0.6) is 0 Å². The van der Waals surface area contributed by atoms with E-state index < -0.39 is 0 Å². The fraction of sp³-hybridized carbons (Fsp3) is 0.375. The van der Waals surface area contributed by atoms with Crippen molar-refractivity contribution in [1.29, 1.82) is 0 Å². The smallest absolute Gasteiger partial charge is 0.155 e. The first-order valence-corrected chi connectivity index (χ1v) is 7.20. The van der Waals surface area contributed by atoms with Crippen molar-refractivity contribution in [1.82, 2.24) is 15.5 Å². The predicted octanol–water partition coefficient (Wildman–Crippen LogP) is 2.67. The molecule has 0 amide bonds. The van der Waals surface area contributed by atoms with Crippen LogP contribution in [0.15, 0.2) is 36.4 Å². The molecule has 1 aliphatic rings. The van der Waals surface area contributed by atoms with Crippen LogP contribution < -0.4 is 10.2 Å². The van der Waals surface area contributed by atoms with Gasteiger partial charge < -0.3 is 10.2 Å². The Morgan fingerprint density at radius 2 is 2.05 bits per heavy atom. The summed E-state index contributed by atoms with van der Waals surface area (Å²) in [4.78, 5) is 2.28. The maximum atomic E-state index is 4.40. The van der Waals surface area contributed by atoms with Crippen LogP contribution in [0.4, 0.5) is 11.5 Å². The van der Waals surface area contributed by atoms with Gasteiger partial charge in [-0.2, -0.15) is 5.10 Å². The van der Waals surface area contributed by atoms with E-state index in [9.17, 15) is 0 Å². The fourth-order valence-electron chi connectivity index (χ4n) is 2.74. The molecular weight excluding hydrogens is 248 g/mol. The van der Waals surface area contributed by atoms with Crippen LogP contribution >= 0.6 is 0 Å². The summed E-state index contributed by atoms with van der Waals surface area (Å²) in [6, 6.07) is 13.1. The van der Waals surface area contributed by atoms with Gasteiger partial charge in [-0.05, 0) is 43.7 Å². The Labute approximate surface area is 119 Å². The first-order valence-electron chi connectivity index (χ1n) is 7.20. The molecule has 4 nitrogen and oxygen atoms in total. The molecule has 0 saturated carbocycles. The van der Waals surface area contributed by atoms with Crippen molar-refractivity contribution in [2.75, 3.05) is 11.4 Å². The van der Waals surface area contributed by atoms with E-state index in [1.807, 2.05) is 0 Å². The minimum absolute atomic E-state index is 0.432. The summed E-state index contributed by atoms with van der Waals surface area (Å²) < 4.78 is 0. The quantitative estimate of drug-likeness (QED) is 0.925. The molecule has 0 saturated heterocycles. The van der Waals surface area contributed by atoms with E-state index in [0.717, 1.165) is 31.0 Å². The van der Waals surface area contributed by atoms with E-state index >= 15 is 0 Å². The van der Waals surface area contributed by atoms with E-state index in [2.05, 4.69) is 70.7 Å². The summed E-state index contributed by atoms with van der Waals surface area (Å²) in [5, 5.41) is 12.0. The average Bonchev–Trinajstić information content (AvgIpc) is 2.81. The van der Waals surface area contributed by atoms with Gasteiger partial charge in [0.1, 0.15) is 0 Å². The lowest BCUT2D eigenvalue weighted by Gasteiger charge is -2.23. The first-order chi connectivity index (χ1) is 9.79. The minimum atomic E-state index is 0.432. The van der Waals surface area contributed by atoms with Crippen molar-refractivity contribution >= 4 is 11.5 Å². The number of nitrogens with zero attached hydrogens (tertiary/aromatic N) is 3. The number of fused-ring (bicyclic) bond motifs is 1. The third kappa shape index (κ3) is 2.39. The molecule has 0 spiro atoms. The highest BCUT2D eigenvalue weighted by molar-refractivity contribution is 5.68. The van der Waals surface area contributed by atoms with Crippen molar-refractivity contribution < 1.29 is 0 Å². The highest BCUT2D eigenvalue weighted by Crippen LogP contribution is 2.36. The molecule has 104 valence electrons. The second kappa shape index (κ2) is 5.59. The van der Waals surface area contributed by atoms with Crippen LogP contribution in [0.3, 0.4) is 0 Å². The molecule has 2 aromatic rings. The van der Waals surface area contributed by atoms with Crippen molar-refractivity contribution in [3.63, 3.8) is 0 Å². The Bertz CT molecular complexity index is 579. The number of hydrogen-bond donors (Lipinski definition) is 1. The summed E-state index contributed by atoms with van der Waals surface area (Å²) in [5.41, 5.74) is 3.63. The number of hydrogen-bond acceptors (Lipinski definition) is 4. The zero-order chi connectivity index (χ0) is 13.9. The monoisotopic (exact) mass is 268 g/mol. The van der Waals surface area contributed by atoms with Gasteiger partial charge in [0.25, 0.3) is 0 Å². The lowest BCUT2D eigenvalue weighted by atomic mass is 10.1. The summed E-state index contributed by atoms with van der Waals surface area (Å²) in [7, 11) is 0. The van der Waals surface area contributed by atoms with Crippen LogP contribution in [0.25, 0.3) is 0 Å². The van der Waals surface area contributed by atoms with Gasteiger partial charge in [-0.15, -0.1) is 5.10 Å². The molecule has 0 aliphatic carbocycles. The molecule has 0 radical (unpaired) electrons. The van der Waals surface area contributed by atoms with Crippen LogP contribution in [-0.2, 0) is 13.0 Å². The maximum absolute atomic E-state index is 4.40. The molecule has 1 aromatic carbocycles. The van der Waals surface area contributed by atoms with Crippen LogP contribution in [-0.4, -0.2) is 22.8 Å². The third-order valence-electron chi connectivity index (χ3n) is 3.72. The van der Waals surface area contributed by atoms with Crippen molar-refractivity contribution in [3.05, 3.63) is 47.7 Å². The summed E-state index contributed by atoms with van der Waals surface area (Å²) in [5.74, 6) is 0.933. The normalized spacial score (nSPS) is 17.3. The molecule has 1 N–H and O–H groups in total. The van der Waals surface area contributed by atoms with E-state index in [1.54, 1.807) is 0 Å². The summed E-state index contributed by atoms with van der Waals surface area (Å²) >= 11 is 0. The van der Waals surface area contributed by atoms with E-state index in [4.69, 9.17) is 0 Å². The highest BCUT2D eigenvalue weighted by Gasteiger charge is 2.27. The number of anilines is 2. The summed E-state index contributed by atoms with van der Waals surface area (Å²) in [6.45, 7) is 6.04. The van der Waals surface area contributed by atoms with E-state index in [-0.39, 0.29) is 0 Å². The minimum Gasteiger partial charge on any atom is -0.321 e. The Kier molecular flexibility index (Phi) is 3.65. The van der Waals surface area contributed by atoms with Gasteiger partial charge >= 0.3 is 0 Å². The Morgan fingerprint density at radius 1 is 1.20 bits per heavy atom. The second-order valence-corrected chi connectivity index (χ2v) is 5.22. The standard InChI is InChI=1S/C16H20N4/c1-3-17-11-14-8-9-16(19-18-14)20-12(2)10-13-6-4-5-7-15(13)20/h4-9,12,17H,3,10-11H2,1-2H3. The zero-order valence-corrected chi connectivity index (χ0v) is 12.0. The molecule has 1 atom stereocenters. The first kappa shape index (κ1) is 13.1. The van der Waals surface area contributed by atoms with Crippen molar-refractivity contribution in [2.45, 2.75) is 32.9 Å². The van der Waals surface area contributed by atoms with Crippen LogP contribution in [0.2, 0.25) is 0 Å². The molecule has 2 heterocycles. The molecule has 3 rings (SSSR count). The second-order valence-electron chi connectivity index (χ2n) is 5.22. The fourth-order valence-corrected chi connectivity index (χ4v) is 2.74. The topological polar surface area (TPSA) is 41.0 Å². The lowest BCUT2D eigenvalue weighted by molar-refractivity contribution is 0.692. The zero-order valence-electron chi connectivity index (χ0n) is 12.0. The molecule has 1 aromatic heterocycles. The molecule has 1 aliphatic heterocycles. The molecule has 20 heavy (non-hydrogen) atoms. The Hall–Kier alpha value is -1.94. The maximum Gasteiger partial charge on any atom is 0.155 e. The van der Waals surface area contributed by atoms with Gasteiger partial charge in [0, 0.05) is 18.3 Å². The van der Waals surface area contributed by atoms with Crippen molar-refractivity contribution in [3.8, 4) is 0 Å². The van der Waals surface area contributed by atoms with Crippen LogP contribution in [0.1, 0.15) is 25.1 Å². The van der Waals surface area contributed by atoms with Gasteiger partial charge in [0.15, 0.2) is 5.82 Å². The number of nitrogens with one attached hydrogen (secondary N) is 1. The lowest BCUT2D eigenvalue weighted by Crippen LogP contribution is -2.25. The largest absolute Gasteiger partial charge is 0.321 e. The van der Waals surface area contributed by atoms with Gasteiger partial charge in [-0.25, -0.2) is 0 Å². The average molecular weight is 268 g/mol. The molecule has 0 fully saturated rings. The van der Waals surface area contributed by atoms with Gasteiger partial charge in [0.2, 0.25) is 0 Å². The Balaban J connectivity index is 1.86. The Morgan fingerprint density at radius 3 is 2.80 bits per heavy atom. The molecular formula is C16H20N4. The highest BCUT2D eigenvalue weighted by atomic mass is 15.3. The number of para-hydroxylation sites is 1. The van der Waals surface area contributed by atoms with E-state index in [1.165, 1.54) is 11.3 Å². The van der Waals surface area contributed by atoms with Crippen molar-refractivity contribution in [2.24, 2.45) is 0 Å². The number of aromatic nitrogens is 2. The SMILES string of the molecule is CCNCc1ccc(N2c3ccccc3CC2C)nn1. The molecule has 4 heteroatoms. The predicted molar refractivity (Wildman–Crippen MR) is 81.2 cm³/mol. The number of benzene rings is 1. The van der Waals surface area contributed by atoms with Gasteiger partial charge in [-0.1, -0.05) is 25.1 Å². The van der Waals surface area contributed by atoms with E-state index in [0.29, 0.717) is 6.04 Å². The third-order valence-corrected chi connectivity index (χ3v) is 3.72. The van der Waals surface area contributed by atoms with Gasteiger partial charge in [-0.3, -0.25) is 0 Å². The molecule has 0 bridgehead atoms. The molecule has 1 unspecified atom stereocenters. The van der Waals surface area contributed by atoms with Crippen LogP contribution in [0, 0.1) is 0 Å². The summed E-state index contributed by atoms with van der Waals surface area (Å²) in [6.07, 6.45) is 1.07. The van der Waals surface area contributed by atoms with Gasteiger partial charge in [0.05, 0.1) is 5.69 Å². The number of rotatable bonds is 4.